The molecule has 2 aromatic carbocycles. The summed E-state index contributed by atoms with van der Waals surface area (Å²) < 4.78 is 0. The number of amides is 3. The highest BCUT2D eigenvalue weighted by atomic mass is 16.2. The maximum absolute atomic E-state index is 12.6. The minimum absolute atomic E-state index is 0.0446. The number of likely N-dealkylation sites (N-methyl/N-ethyl adjacent to an activating group) is 1. The van der Waals surface area contributed by atoms with Crippen molar-refractivity contribution in [2.75, 3.05) is 7.05 Å². The molecule has 0 aromatic heterocycles. The van der Waals surface area contributed by atoms with Crippen LogP contribution in [0.1, 0.15) is 36.2 Å². The van der Waals surface area contributed by atoms with Crippen molar-refractivity contribution in [2.45, 2.75) is 32.7 Å². The van der Waals surface area contributed by atoms with Crippen LogP contribution >= 0.6 is 0 Å². The van der Waals surface area contributed by atoms with E-state index in [1.54, 1.807) is 25.2 Å². The third-order valence-corrected chi connectivity index (χ3v) is 4.41. The molecule has 0 spiro atoms. The molecule has 0 heterocycles. The summed E-state index contributed by atoms with van der Waals surface area (Å²) in [6, 6.07) is 14.1. The topological polar surface area (TPSA) is 101 Å². The molecule has 28 heavy (non-hydrogen) atoms. The van der Waals surface area contributed by atoms with Gasteiger partial charge in [0.2, 0.25) is 11.8 Å². The van der Waals surface area contributed by atoms with Crippen molar-refractivity contribution >= 4 is 17.7 Å². The van der Waals surface area contributed by atoms with Crippen molar-refractivity contribution < 1.29 is 14.4 Å². The first-order valence-corrected chi connectivity index (χ1v) is 9.30. The van der Waals surface area contributed by atoms with E-state index in [0.717, 1.165) is 16.7 Å². The Hall–Kier alpha value is -3.15. The maximum Gasteiger partial charge on any atom is 0.251 e. The van der Waals surface area contributed by atoms with Crippen molar-refractivity contribution in [2.24, 2.45) is 11.7 Å². The van der Waals surface area contributed by atoms with Crippen molar-refractivity contribution in [1.82, 2.24) is 10.6 Å². The second kappa shape index (κ2) is 9.69. The fourth-order valence-electron chi connectivity index (χ4n) is 2.89. The lowest BCUT2D eigenvalue weighted by molar-refractivity contribution is -0.120. The van der Waals surface area contributed by atoms with Crippen molar-refractivity contribution in [3.8, 4) is 11.1 Å². The van der Waals surface area contributed by atoms with Crippen LogP contribution in [0.2, 0.25) is 0 Å². The Labute approximate surface area is 165 Å². The smallest absolute Gasteiger partial charge is 0.251 e. The van der Waals surface area contributed by atoms with Gasteiger partial charge in [-0.15, -0.1) is 0 Å². The summed E-state index contributed by atoms with van der Waals surface area (Å²) in [5.74, 6) is -0.679. The molecule has 2 rings (SSSR count). The highest BCUT2D eigenvalue weighted by Gasteiger charge is 2.20. The Morgan fingerprint density at radius 3 is 2.25 bits per heavy atom. The number of primary amides is 1. The Balaban J connectivity index is 2.15. The molecule has 148 valence electrons. The zero-order valence-corrected chi connectivity index (χ0v) is 16.5. The van der Waals surface area contributed by atoms with Gasteiger partial charge in [-0.1, -0.05) is 50.2 Å². The zero-order chi connectivity index (χ0) is 20.7. The molecule has 0 unspecified atom stereocenters. The summed E-state index contributed by atoms with van der Waals surface area (Å²) in [6.07, 6.45) is 0.817. The molecule has 0 saturated heterocycles. The van der Waals surface area contributed by atoms with E-state index in [0.29, 0.717) is 18.4 Å². The van der Waals surface area contributed by atoms with Gasteiger partial charge in [0.05, 0.1) is 6.42 Å². The number of nitrogens with one attached hydrogen (secondary N) is 2. The lowest BCUT2D eigenvalue weighted by atomic mass is 10.00. The normalized spacial score (nSPS) is 11.7. The van der Waals surface area contributed by atoms with Crippen LogP contribution in [0.15, 0.2) is 48.5 Å². The minimum atomic E-state index is -0.694. The van der Waals surface area contributed by atoms with Crippen LogP contribution in [0.25, 0.3) is 11.1 Å². The fourth-order valence-corrected chi connectivity index (χ4v) is 2.89. The van der Waals surface area contributed by atoms with E-state index in [9.17, 15) is 14.4 Å². The van der Waals surface area contributed by atoms with Gasteiger partial charge in [-0.3, -0.25) is 14.4 Å². The van der Waals surface area contributed by atoms with Gasteiger partial charge in [0, 0.05) is 12.6 Å². The predicted molar refractivity (Wildman–Crippen MR) is 110 cm³/mol. The van der Waals surface area contributed by atoms with Crippen molar-refractivity contribution in [1.29, 1.82) is 0 Å². The fraction of sp³-hybridized carbons (Fsp3) is 0.318. The van der Waals surface area contributed by atoms with Crippen LogP contribution in [0.3, 0.4) is 0 Å². The Kier molecular flexibility index (Phi) is 7.32. The molecule has 4 N–H and O–H groups in total. The van der Waals surface area contributed by atoms with Crippen LogP contribution in [0.5, 0.6) is 0 Å². The molecular formula is C22H27N3O3. The van der Waals surface area contributed by atoms with E-state index in [4.69, 9.17) is 5.73 Å². The van der Waals surface area contributed by atoms with E-state index in [2.05, 4.69) is 10.6 Å². The summed E-state index contributed by atoms with van der Waals surface area (Å²) in [5, 5.41) is 5.32. The van der Waals surface area contributed by atoms with Gasteiger partial charge in [-0.05, 0) is 41.2 Å². The van der Waals surface area contributed by atoms with E-state index in [1.807, 2.05) is 44.2 Å². The van der Waals surface area contributed by atoms with Crippen LogP contribution in [-0.4, -0.2) is 30.8 Å². The van der Waals surface area contributed by atoms with E-state index in [1.165, 1.54) is 0 Å². The number of carbonyl (C=O) groups excluding carboxylic acids is 3. The summed E-state index contributed by atoms with van der Waals surface area (Å²) >= 11 is 0. The Bertz CT molecular complexity index is 844. The Morgan fingerprint density at radius 2 is 1.68 bits per heavy atom. The second-order valence-electron chi connectivity index (χ2n) is 7.19. The minimum Gasteiger partial charge on any atom is -0.368 e. The number of hydrogen-bond acceptors (Lipinski definition) is 3. The lowest BCUT2D eigenvalue weighted by Crippen LogP contribution is -2.45. The molecular weight excluding hydrogens is 354 g/mol. The van der Waals surface area contributed by atoms with Gasteiger partial charge in [-0.25, -0.2) is 0 Å². The summed E-state index contributed by atoms with van der Waals surface area (Å²) in [7, 11) is 1.61. The molecule has 0 aliphatic carbocycles. The number of hydrogen-bond donors (Lipinski definition) is 3. The van der Waals surface area contributed by atoms with Gasteiger partial charge < -0.3 is 16.4 Å². The molecule has 6 heteroatoms. The maximum atomic E-state index is 12.6. The van der Waals surface area contributed by atoms with E-state index >= 15 is 0 Å². The number of rotatable bonds is 8. The highest BCUT2D eigenvalue weighted by Crippen LogP contribution is 2.21. The van der Waals surface area contributed by atoms with E-state index in [-0.39, 0.29) is 17.7 Å². The average molecular weight is 381 g/mol. The van der Waals surface area contributed by atoms with Gasteiger partial charge in [0.1, 0.15) is 6.04 Å². The summed E-state index contributed by atoms with van der Waals surface area (Å²) in [6.45, 7) is 3.94. The first kappa shape index (κ1) is 21.2. The quantitative estimate of drug-likeness (QED) is 0.654. The molecule has 0 fully saturated rings. The lowest BCUT2D eigenvalue weighted by Gasteiger charge is -2.17. The molecule has 2 aromatic rings. The largest absolute Gasteiger partial charge is 0.368 e. The highest BCUT2D eigenvalue weighted by molar-refractivity contribution is 5.98. The molecule has 6 nitrogen and oxygen atoms in total. The molecule has 0 bridgehead atoms. The van der Waals surface area contributed by atoms with Crippen molar-refractivity contribution in [3.63, 3.8) is 0 Å². The third kappa shape index (κ3) is 5.94. The van der Waals surface area contributed by atoms with E-state index < -0.39 is 11.9 Å². The molecule has 0 saturated carbocycles. The standard InChI is InChI=1S/C22H27N3O3/c1-14(2)11-19(21(23)27)25-22(28)18-6-4-5-17(13-18)16-9-7-15(8-10-16)12-20(26)24-3/h4-10,13-14,19H,11-12H2,1-3H3,(H2,23,27)(H,24,26)(H,25,28)/t19-/m0/s1. The third-order valence-electron chi connectivity index (χ3n) is 4.41. The number of carbonyl (C=O) groups is 3. The Morgan fingerprint density at radius 1 is 1.00 bits per heavy atom. The molecule has 0 aliphatic heterocycles. The van der Waals surface area contributed by atoms with Crippen LogP contribution in [0, 0.1) is 5.92 Å². The number of benzene rings is 2. The van der Waals surface area contributed by atoms with Crippen LogP contribution in [0.4, 0.5) is 0 Å². The average Bonchev–Trinajstić information content (AvgIpc) is 2.67. The van der Waals surface area contributed by atoms with Gasteiger partial charge in [-0.2, -0.15) is 0 Å². The first-order chi connectivity index (χ1) is 13.3. The summed E-state index contributed by atoms with van der Waals surface area (Å²) in [4.78, 5) is 35.6. The van der Waals surface area contributed by atoms with Crippen LogP contribution < -0.4 is 16.4 Å². The predicted octanol–water partition coefficient (Wildman–Crippen LogP) is 2.27. The number of nitrogens with two attached hydrogens (primary N) is 1. The molecule has 1 atom stereocenters. The zero-order valence-electron chi connectivity index (χ0n) is 16.5. The molecule has 3 amide bonds. The van der Waals surface area contributed by atoms with Gasteiger partial charge in [0.25, 0.3) is 5.91 Å². The molecule has 0 radical (unpaired) electrons. The van der Waals surface area contributed by atoms with Crippen LogP contribution in [-0.2, 0) is 16.0 Å². The van der Waals surface area contributed by atoms with Gasteiger partial charge >= 0.3 is 0 Å². The second-order valence-corrected chi connectivity index (χ2v) is 7.19. The van der Waals surface area contributed by atoms with Crippen molar-refractivity contribution in [3.05, 3.63) is 59.7 Å². The first-order valence-electron chi connectivity index (χ1n) is 9.30. The molecule has 0 aliphatic rings. The van der Waals surface area contributed by atoms with Gasteiger partial charge in [0.15, 0.2) is 0 Å². The SMILES string of the molecule is CNC(=O)Cc1ccc(-c2cccc(C(=O)N[C@@H](CC(C)C)C(N)=O)c2)cc1. The summed E-state index contributed by atoms with van der Waals surface area (Å²) in [5.41, 5.74) is 8.59. The monoisotopic (exact) mass is 381 g/mol.